The van der Waals surface area contributed by atoms with Crippen LogP contribution >= 0.6 is 0 Å². The van der Waals surface area contributed by atoms with E-state index in [0.717, 1.165) is 12.8 Å². The van der Waals surface area contributed by atoms with Gasteiger partial charge >= 0.3 is 5.69 Å². The molecule has 1 fully saturated rings. The first-order valence-corrected chi connectivity index (χ1v) is 9.99. The highest BCUT2D eigenvalue weighted by Crippen LogP contribution is 2.26. The van der Waals surface area contributed by atoms with Gasteiger partial charge in [0.05, 0.1) is 35.4 Å². The predicted octanol–water partition coefficient (Wildman–Crippen LogP) is 0.861. The molecule has 11 heteroatoms. The van der Waals surface area contributed by atoms with E-state index in [4.69, 9.17) is 11.5 Å². The van der Waals surface area contributed by atoms with Crippen LogP contribution in [-0.4, -0.2) is 45.0 Å². The van der Waals surface area contributed by atoms with E-state index in [-0.39, 0.29) is 23.4 Å². The topological polar surface area (TPSA) is 180 Å². The molecule has 2 aromatic heterocycles. The molecule has 1 unspecified atom stereocenters. The molecule has 0 saturated carbocycles. The van der Waals surface area contributed by atoms with Crippen molar-refractivity contribution in [2.45, 2.75) is 18.9 Å². The molecule has 1 aliphatic heterocycles. The van der Waals surface area contributed by atoms with Crippen LogP contribution in [0.3, 0.4) is 0 Å². The van der Waals surface area contributed by atoms with Crippen LogP contribution in [0.4, 0.5) is 17.3 Å². The summed E-state index contributed by atoms with van der Waals surface area (Å²) in [5.74, 6) is -0.567. The van der Waals surface area contributed by atoms with Crippen LogP contribution in [0.25, 0.3) is 11.3 Å². The van der Waals surface area contributed by atoms with Crippen LogP contribution in [0.2, 0.25) is 0 Å². The van der Waals surface area contributed by atoms with Gasteiger partial charge in [0.25, 0.3) is 5.91 Å². The summed E-state index contributed by atoms with van der Waals surface area (Å²) in [6, 6.07) is 8.91. The summed E-state index contributed by atoms with van der Waals surface area (Å²) in [4.78, 5) is 41.6. The number of hydrogen-bond acceptors (Lipinski definition) is 9. The number of amides is 1. The SMILES string of the molecule is N#Cc1ccccc1-c1cnc(N)c(C(=O)Nc2[nH]c(=O)ncc2N2CCCC(N)C2)n1. The highest BCUT2D eigenvalue weighted by Gasteiger charge is 2.23. The Balaban J connectivity index is 1.67. The second-order valence-electron chi connectivity index (χ2n) is 7.40. The minimum absolute atomic E-state index is 0.0161. The summed E-state index contributed by atoms with van der Waals surface area (Å²) in [5, 5.41) is 12.0. The van der Waals surface area contributed by atoms with Crippen molar-refractivity contribution in [2.75, 3.05) is 29.0 Å². The summed E-state index contributed by atoms with van der Waals surface area (Å²) < 4.78 is 0. The third kappa shape index (κ3) is 4.26. The minimum atomic E-state index is -0.657. The Kier molecular flexibility index (Phi) is 5.78. The van der Waals surface area contributed by atoms with Gasteiger partial charge in [0.1, 0.15) is 5.82 Å². The van der Waals surface area contributed by atoms with Crippen LogP contribution < -0.4 is 27.4 Å². The number of nitrogens with zero attached hydrogens (tertiary/aromatic N) is 5. The van der Waals surface area contributed by atoms with Crippen molar-refractivity contribution >= 4 is 23.2 Å². The number of rotatable bonds is 4. The third-order valence-electron chi connectivity index (χ3n) is 5.17. The van der Waals surface area contributed by atoms with Gasteiger partial charge in [-0.3, -0.25) is 9.78 Å². The van der Waals surface area contributed by atoms with Crippen molar-refractivity contribution in [3.8, 4) is 17.3 Å². The van der Waals surface area contributed by atoms with Gasteiger partial charge in [0.15, 0.2) is 11.5 Å². The fourth-order valence-corrected chi connectivity index (χ4v) is 3.62. The molecule has 6 N–H and O–H groups in total. The maximum absolute atomic E-state index is 13.0. The minimum Gasteiger partial charge on any atom is -0.382 e. The van der Waals surface area contributed by atoms with E-state index in [0.29, 0.717) is 35.6 Å². The summed E-state index contributed by atoms with van der Waals surface area (Å²) >= 11 is 0. The molecule has 1 atom stereocenters. The van der Waals surface area contributed by atoms with Crippen molar-refractivity contribution in [1.82, 2.24) is 19.9 Å². The average molecular weight is 431 g/mol. The molecule has 1 aliphatic rings. The first-order valence-electron chi connectivity index (χ1n) is 9.99. The summed E-state index contributed by atoms with van der Waals surface area (Å²) in [6.45, 7) is 1.28. The highest BCUT2D eigenvalue weighted by molar-refractivity contribution is 6.06. The average Bonchev–Trinajstić information content (AvgIpc) is 2.79. The number of H-pyrrole nitrogens is 1. The van der Waals surface area contributed by atoms with Crippen molar-refractivity contribution in [2.24, 2.45) is 5.73 Å². The molecule has 0 spiro atoms. The van der Waals surface area contributed by atoms with Gasteiger partial charge in [-0.2, -0.15) is 10.2 Å². The van der Waals surface area contributed by atoms with Crippen molar-refractivity contribution in [1.29, 1.82) is 5.26 Å². The molecule has 4 rings (SSSR count). The third-order valence-corrected chi connectivity index (χ3v) is 5.17. The van der Waals surface area contributed by atoms with Crippen molar-refractivity contribution in [3.05, 3.63) is 58.4 Å². The monoisotopic (exact) mass is 431 g/mol. The number of nitrogens with two attached hydrogens (primary N) is 2. The molecule has 1 amide bonds. The highest BCUT2D eigenvalue weighted by atomic mass is 16.2. The van der Waals surface area contributed by atoms with E-state index in [1.165, 1.54) is 12.4 Å². The lowest BCUT2D eigenvalue weighted by molar-refractivity contribution is 0.102. The van der Waals surface area contributed by atoms with Gasteiger partial charge in [-0.05, 0) is 18.9 Å². The Bertz CT molecular complexity index is 1260. The zero-order valence-electron chi connectivity index (χ0n) is 17.1. The number of nitriles is 1. The number of carbonyl (C=O) groups is 1. The zero-order chi connectivity index (χ0) is 22.7. The molecular formula is C21H21N9O2. The van der Waals surface area contributed by atoms with Gasteiger partial charge in [-0.1, -0.05) is 18.2 Å². The van der Waals surface area contributed by atoms with E-state index in [1.807, 2.05) is 4.90 Å². The first kappa shape index (κ1) is 21.0. The van der Waals surface area contributed by atoms with Crippen LogP contribution in [0.15, 0.2) is 41.5 Å². The van der Waals surface area contributed by atoms with E-state index in [1.54, 1.807) is 24.3 Å². The van der Waals surface area contributed by atoms with E-state index in [2.05, 4.69) is 31.3 Å². The van der Waals surface area contributed by atoms with E-state index < -0.39 is 11.6 Å². The van der Waals surface area contributed by atoms with Gasteiger partial charge in [0, 0.05) is 24.7 Å². The number of piperidine rings is 1. The second kappa shape index (κ2) is 8.83. The molecule has 32 heavy (non-hydrogen) atoms. The molecule has 1 aromatic carbocycles. The van der Waals surface area contributed by atoms with Gasteiger partial charge in [0.2, 0.25) is 0 Å². The normalized spacial score (nSPS) is 15.8. The number of benzene rings is 1. The molecule has 0 radical (unpaired) electrons. The van der Waals surface area contributed by atoms with E-state index >= 15 is 0 Å². The molecule has 3 aromatic rings. The molecule has 1 saturated heterocycles. The van der Waals surface area contributed by atoms with Crippen LogP contribution in [0.5, 0.6) is 0 Å². The van der Waals surface area contributed by atoms with Crippen molar-refractivity contribution < 1.29 is 4.79 Å². The van der Waals surface area contributed by atoms with Crippen LogP contribution in [0, 0.1) is 11.3 Å². The lowest BCUT2D eigenvalue weighted by atomic mass is 10.1. The summed E-state index contributed by atoms with van der Waals surface area (Å²) in [5.41, 5.74) is 13.0. The molecule has 162 valence electrons. The quantitative estimate of drug-likeness (QED) is 0.466. The van der Waals surface area contributed by atoms with E-state index in [9.17, 15) is 14.9 Å². The number of nitrogens with one attached hydrogen (secondary N) is 2. The largest absolute Gasteiger partial charge is 0.382 e. The number of carbonyl (C=O) groups excluding carboxylic acids is 1. The second-order valence-corrected chi connectivity index (χ2v) is 7.40. The Morgan fingerprint density at radius 1 is 1.28 bits per heavy atom. The van der Waals surface area contributed by atoms with Crippen LogP contribution in [-0.2, 0) is 0 Å². The number of anilines is 3. The number of aromatic amines is 1. The molecule has 0 bridgehead atoms. The Labute approximate surface area is 183 Å². The molecule has 0 aliphatic carbocycles. The smallest absolute Gasteiger partial charge is 0.346 e. The Morgan fingerprint density at radius 2 is 2.09 bits per heavy atom. The summed E-state index contributed by atoms with van der Waals surface area (Å²) in [6.07, 6.45) is 4.59. The van der Waals surface area contributed by atoms with Crippen LogP contribution in [0.1, 0.15) is 28.9 Å². The number of nitrogen functional groups attached to an aromatic ring is 1. The first-order chi connectivity index (χ1) is 15.5. The van der Waals surface area contributed by atoms with Crippen molar-refractivity contribution in [3.63, 3.8) is 0 Å². The van der Waals surface area contributed by atoms with Gasteiger partial charge in [-0.15, -0.1) is 0 Å². The predicted molar refractivity (Wildman–Crippen MR) is 119 cm³/mol. The number of aromatic nitrogens is 4. The number of hydrogen-bond donors (Lipinski definition) is 4. The molecule has 3 heterocycles. The molecule has 11 nitrogen and oxygen atoms in total. The fourth-order valence-electron chi connectivity index (χ4n) is 3.62. The maximum Gasteiger partial charge on any atom is 0.346 e. The maximum atomic E-state index is 13.0. The zero-order valence-corrected chi connectivity index (χ0v) is 17.1. The Hall–Kier alpha value is -4.30. The van der Waals surface area contributed by atoms with Gasteiger partial charge < -0.3 is 21.7 Å². The summed E-state index contributed by atoms with van der Waals surface area (Å²) in [7, 11) is 0. The molecular weight excluding hydrogens is 410 g/mol. The standard InChI is InChI=1S/C21H21N9O2/c22-8-12-4-1-2-6-14(12)15-9-25-18(24)17(27-15)20(31)28-19-16(10-26-21(32)29-19)30-7-3-5-13(23)11-30/h1-2,4,6,9-10,13H,3,5,7,11,23H2,(H2,24,25)(H2,26,28,29,31,32). The fraction of sp³-hybridized carbons (Fsp3) is 0.238. The van der Waals surface area contributed by atoms with Gasteiger partial charge in [-0.25, -0.2) is 14.8 Å². The lowest BCUT2D eigenvalue weighted by Crippen LogP contribution is -2.43. The Morgan fingerprint density at radius 3 is 2.88 bits per heavy atom. The lowest BCUT2D eigenvalue weighted by Gasteiger charge is -2.33.